The lowest BCUT2D eigenvalue weighted by Crippen LogP contribution is -2.32. The molecule has 0 radical (unpaired) electrons. The van der Waals surface area contributed by atoms with Gasteiger partial charge in [0.05, 0.1) is 12.3 Å². The first-order valence-corrected chi connectivity index (χ1v) is 14.3. The van der Waals surface area contributed by atoms with Crippen LogP contribution in [0.5, 0.6) is 0 Å². The van der Waals surface area contributed by atoms with Crippen molar-refractivity contribution in [1.29, 1.82) is 5.53 Å². The van der Waals surface area contributed by atoms with Crippen LogP contribution in [0.1, 0.15) is 65.1 Å². The molecule has 8 nitrogen and oxygen atoms in total. The molecule has 9 heteroatoms. The van der Waals surface area contributed by atoms with Gasteiger partial charge in [0.1, 0.15) is 0 Å². The summed E-state index contributed by atoms with van der Waals surface area (Å²) in [7, 11) is 0. The summed E-state index contributed by atoms with van der Waals surface area (Å²) in [5.74, 6) is 6.13. The quantitative estimate of drug-likeness (QED) is 0.0980. The van der Waals surface area contributed by atoms with Crippen molar-refractivity contribution in [3.63, 3.8) is 0 Å². The van der Waals surface area contributed by atoms with E-state index in [1.54, 1.807) is 23.9 Å². The number of guanidine groups is 1. The molecule has 202 valence electrons. The second-order valence-electron chi connectivity index (χ2n) is 9.60. The molecule has 0 heterocycles. The van der Waals surface area contributed by atoms with Crippen molar-refractivity contribution in [1.82, 2.24) is 5.32 Å². The van der Waals surface area contributed by atoms with Crippen LogP contribution >= 0.6 is 11.8 Å². The van der Waals surface area contributed by atoms with Crippen LogP contribution in [0, 0.1) is 5.53 Å². The fourth-order valence-corrected chi connectivity index (χ4v) is 5.66. The second-order valence-corrected chi connectivity index (χ2v) is 10.6. The average molecular weight is 543 g/mol. The summed E-state index contributed by atoms with van der Waals surface area (Å²) in [4.78, 5) is 27.7. The van der Waals surface area contributed by atoms with Crippen molar-refractivity contribution in [3.05, 3.63) is 101 Å². The number of nitrogens with one attached hydrogen (secondary N) is 2. The number of nitrogens with two attached hydrogens (primary N) is 1. The van der Waals surface area contributed by atoms with Gasteiger partial charge in [-0.2, -0.15) is 0 Å². The summed E-state index contributed by atoms with van der Waals surface area (Å²) in [6.45, 7) is 0.382. The molecule has 4 rings (SSSR count). The van der Waals surface area contributed by atoms with Crippen molar-refractivity contribution < 1.29 is 9.59 Å². The molecule has 1 aliphatic carbocycles. The van der Waals surface area contributed by atoms with E-state index in [1.807, 2.05) is 35.2 Å². The van der Waals surface area contributed by atoms with Crippen molar-refractivity contribution in [2.75, 3.05) is 10.7 Å². The Morgan fingerprint density at radius 3 is 2.26 bits per heavy atom. The fourth-order valence-electron chi connectivity index (χ4n) is 4.80. The number of hydrogen-bond acceptors (Lipinski definition) is 6. The molecule has 0 aliphatic heterocycles. The summed E-state index contributed by atoms with van der Waals surface area (Å²) in [6.07, 6.45) is 6.34. The molecule has 4 N–H and O–H groups in total. The maximum absolute atomic E-state index is 13.5. The SMILES string of the molecule is N=N/C(=N\N)NC(=O)c1ccc(CN(C(=O)CSCc2ccccc2)c2ccc(C3CCCCC3)cc2)cc1. The number of hydrogen-bond donors (Lipinski definition) is 3. The molecule has 3 aromatic rings. The highest BCUT2D eigenvalue weighted by Crippen LogP contribution is 2.33. The molecule has 2 amide bonds. The van der Waals surface area contributed by atoms with Gasteiger partial charge in [-0.25, -0.2) is 5.53 Å². The number of hydrazone groups is 1. The van der Waals surface area contributed by atoms with Crippen LogP contribution in [0.3, 0.4) is 0 Å². The number of rotatable bonds is 9. The minimum atomic E-state index is -0.467. The maximum atomic E-state index is 13.5. The molecule has 1 aliphatic rings. The lowest BCUT2D eigenvalue weighted by Gasteiger charge is -2.25. The first-order chi connectivity index (χ1) is 19.1. The van der Waals surface area contributed by atoms with Crippen LogP contribution in [-0.2, 0) is 17.1 Å². The van der Waals surface area contributed by atoms with Crippen molar-refractivity contribution in [3.8, 4) is 0 Å². The number of nitrogens with zero attached hydrogens (tertiary/aromatic N) is 3. The number of thioether (sulfide) groups is 1. The van der Waals surface area contributed by atoms with Gasteiger partial charge in [-0.1, -0.05) is 73.9 Å². The van der Waals surface area contributed by atoms with Crippen LogP contribution in [0.2, 0.25) is 0 Å². The third-order valence-electron chi connectivity index (χ3n) is 6.93. The minimum Gasteiger partial charge on any atom is -0.320 e. The first-order valence-electron chi connectivity index (χ1n) is 13.1. The third kappa shape index (κ3) is 8.00. The summed E-state index contributed by atoms with van der Waals surface area (Å²) < 4.78 is 0. The molecule has 0 aromatic heterocycles. The van der Waals surface area contributed by atoms with Crippen LogP contribution in [-0.4, -0.2) is 23.5 Å². The number of benzene rings is 3. The Kier molecular flexibility index (Phi) is 10.2. The van der Waals surface area contributed by atoms with Crippen LogP contribution in [0.4, 0.5) is 5.69 Å². The van der Waals surface area contributed by atoms with E-state index in [2.05, 4.69) is 51.9 Å². The Balaban J connectivity index is 1.48. The zero-order chi connectivity index (χ0) is 27.5. The van der Waals surface area contributed by atoms with Crippen molar-refractivity contribution in [2.24, 2.45) is 16.1 Å². The van der Waals surface area contributed by atoms with Crippen LogP contribution in [0.15, 0.2) is 89.1 Å². The zero-order valence-corrected chi connectivity index (χ0v) is 22.7. The molecule has 1 saturated carbocycles. The van der Waals surface area contributed by atoms with Gasteiger partial charge >= 0.3 is 0 Å². The summed E-state index contributed by atoms with van der Waals surface area (Å²) in [5, 5.41) is 8.67. The number of carbonyl (C=O) groups excluding carboxylic acids is 2. The minimum absolute atomic E-state index is 0.0315. The summed E-state index contributed by atoms with van der Waals surface area (Å²) in [6, 6.07) is 25.6. The molecule has 1 fully saturated rings. The van der Waals surface area contributed by atoms with Gasteiger partial charge in [0.2, 0.25) is 5.91 Å². The van der Waals surface area contributed by atoms with E-state index >= 15 is 0 Å². The Morgan fingerprint density at radius 2 is 1.62 bits per heavy atom. The van der Waals surface area contributed by atoms with Crippen LogP contribution < -0.4 is 16.1 Å². The fraction of sp³-hybridized carbons (Fsp3) is 0.300. The predicted molar refractivity (Wildman–Crippen MR) is 157 cm³/mol. The normalized spacial score (nSPS) is 14.0. The molecule has 0 atom stereocenters. The summed E-state index contributed by atoms with van der Waals surface area (Å²) in [5.41, 5.74) is 11.6. The first kappa shape index (κ1) is 28.0. The monoisotopic (exact) mass is 542 g/mol. The molecule has 3 aromatic carbocycles. The summed E-state index contributed by atoms with van der Waals surface area (Å²) >= 11 is 1.60. The smallest absolute Gasteiger partial charge is 0.265 e. The largest absolute Gasteiger partial charge is 0.320 e. The number of anilines is 1. The van der Waals surface area contributed by atoms with Crippen molar-refractivity contribution in [2.45, 2.75) is 50.3 Å². The van der Waals surface area contributed by atoms with Gasteiger partial charge in [-0.05, 0) is 59.7 Å². The van der Waals surface area contributed by atoms with Gasteiger partial charge < -0.3 is 10.7 Å². The lowest BCUT2D eigenvalue weighted by molar-refractivity contribution is -0.116. The van der Waals surface area contributed by atoms with E-state index in [9.17, 15) is 9.59 Å². The van der Waals surface area contributed by atoms with Gasteiger partial charge in [0, 0.05) is 17.0 Å². The maximum Gasteiger partial charge on any atom is 0.265 e. The second kappa shape index (κ2) is 14.2. The Hall–Kier alpha value is -3.98. The Bertz CT molecular complexity index is 1270. The standard InChI is InChI=1S/C30H34N6O2S/c31-34-30(35-32)33-29(38)26-13-11-22(12-14-26)19-36(28(37)21-39-20-23-7-3-1-4-8-23)27-17-15-25(16-18-27)24-9-5-2-6-10-24/h1,3-4,7-8,11-18,24,31H,2,5-6,9-10,19-21,32H2,(H,33,35,38). The van der Waals surface area contributed by atoms with Crippen molar-refractivity contribution >= 4 is 35.2 Å². The predicted octanol–water partition coefficient (Wildman–Crippen LogP) is 6.19. The van der Waals surface area contributed by atoms with Gasteiger partial charge in [0.25, 0.3) is 11.9 Å². The Morgan fingerprint density at radius 1 is 0.923 bits per heavy atom. The topological polar surface area (TPSA) is 124 Å². The van der Waals surface area contributed by atoms with Gasteiger partial charge in [-0.3, -0.25) is 14.9 Å². The van der Waals surface area contributed by atoms with E-state index in [0.29, 0.717) is 23.8 Å². The molecule has 0 unspecified atom stereocenters. The third-order valence-corrected chi connectivity index (χ3v) is 7.92. The molecule has 39 heavy (non-hydrogen) atoms. The Labute approximate surface area is 233 Å². The van der Waals surface area contributed by atoms with E-state index in [1.165, 1.54) is 43.2 Å². The highest BCUT2D eigenvalue weighted by Gasteiger charge is 2.19. The molecular formula is C30H34N6O2S. The lowest BCUT2D eigenvalue weighted by atomic mass is 9.84. The average Bonchev–Trinajstić information content (AvgIpc) is 3.00. The highest BCUT2D eigenvalue weighted by molar-refractivity contribution is 7.99. The molecular weight excluding hydrogens is 508 g/mol. The van der Waals surface area contributed by atoms with Crippen LogP contribution in [0.25, 0.3) is 0 Å². The van der Waals surface area contributed by atoms with E-state index in [4.69, 9.17) is 11.4 Å². The van der Waals surface area contributed by atoms with E-state index in [-0.39, 0.29) is 11.9 Å². The zero-order valence-electron chi connectivity index (χ0n) is 21.9. The highest BCUT2D eigenvalue weighted by atomic mass is 32.2. The van der Waals surface area contributed by atoms with E-state index < -0.39 is 5.91 Å². The van der Waals surface area contributed by atoms with Gasteiger partial charge in [-0.15, -0.1) is 22.0 Å². The van der Waals surface area contributed by atoms with E-state index in [0.717, 1.165) is 17.0 Å². The molecule has 0 bridgehead atoms. The molecule has 0 saturated heterocycles. The number of amides is 2. The number of carbonyl (C=O) groups is 2. The van der Waals surface area contributed by atoms with Gasteiger partial charge in [0.15, 0.2) is 0 Å². The molecule has 0 spiro atoms.